The van der Waals surface area contributed by atoms with E-state index in [1.54, 1.807) is 12.1 Å². The van der Waals surface area contributed by atoms with Crippen molar-refractivity contribution in [2.75, 3.05) is 0 Å². The number of halogens is 4. The van der Waals surface area contributed by atoms with Gasteiger partial charge >= 0.3 is 6.36 Å². The first kappa shape index (κ1) is 24.4. The molecule has 0 aromatic heterocycles. The van der Waals surface area contributed by atoms with Crippen LogP contribution in [0.5, 0.6) is 11.5 Å². The van der Waals surface area contributed by atoms with Gasteiger partial charge in [0.1, 0.15) is 18.1 Å². The van der Waals surface area contributed by atoms with Crippen molar-refractivity contribution < 1.29 is 27.4 Å². The summed E-state index contributed by atoms with van der Waals surface area (Å²) in [6.45, 7) is 0.755. The Balaban J connectivity index is 1.48. The summed E-state index contributed by atoms with van der Waals surface area (Å²) in [5.41, 5.74) is 4.69. The Bertz CT molecular complexity index is 1320. The van der Waals surface area contributed by atoms with E-state index in [2.05, 4.69) is 20.7 Å². The van der Waals surface area contributed by atoms with Crippen LogP contribution >= 0.6 is 15.9 Å². The van der Waals surface area contributed by atoms with Crippen LogP contribution in [0.4, 0.5) is 13.2 Å². The number of rotatable bonds is 6. The minimum Gasteiger partial charge on any atom is -0.489 e. The molecule has 1 aliphatic heterocycles. The van der Waals surface area contributed by atoms with Crippen molar-refractivity contribution in [2.24, 2.45) is 0 Å². The fraction of sp³-hybridized carbons (Fsp3) is 0.172. The first-order valence-electron chi connectivity index (χ1n) is 11.4. The van der Waals surface area contributed by atoms with E-state index in [1.807, 2.05) is 72.8 Å². The second kappa shape index (κ2) is 10.4. The van der Waals surface area contributed by atoms with Gasteiger partial charge in [-0.25, -0.2) is 0 Å². The van der Waals surface area contributed by atoms with Gasteiger partial charge in [-0.2, -0.15) is 0 Å². The lowest BCUT2D eigenvalue weighted by Crippen LogP contribution is -2.23. The van der Waals surface area contributed by atoms with Crippen molar-refractivity contribution in [1.82, 2.24) is 0 Å². The Morgan fingerprint density at radius 2 is 1.58 bits per heavy atom. The van der Waals surface area contributed by atoms with Crippen molar-refractivity contribution in [3.63, 3.8) is 0 Å². The lowest BCUT2D eigenvalue weighted by Gasteiger charge is -2.35. The number of benzene rings is 4. The molecule has 7 heteroatoms. The van der Waals surface area contributed by atoms with Gasteiger partial charge in [-0.05, 0) is 64.2 Å². The molecule has 0 N–H and O–H groups in total. The molecular formula is C29H22BrF3O3. The zero-order valence-electron chi connectivity index (χ0n) is 19.0. The van der Waals surface area contributed by atoms with Crippen LogP contribution in [-0.2, 0) is 18.0 Å². The van der Waals surface area contributed by atoms with Crippen LogP contribution in [0, 0.1) is 0 Å². The molecule has 0 bridgehead atoms. The van der Waals surface area contributed by atoms with Gasteiger partial charge in [-0.15, -0.1) is 13.2 Å². The molecule has 1 aliphatic rings. The third kappa shape index (κ3) is 5.74. The van der Waals surface area contributed by atoms with Gasteiger partial charge < -0.3 is 14.2 Å². The topological polar surface area (TPSA) is 27.7 Å². The Kier molecular flexibility index (Phi) is 7.03. The normalized spacial score (nSPS) is 17.3. The molecule has 184 valence electrons. The molecule has 0 fully saturated rings. The summed E-state index contributed by atoms with van der Waals surface area (Å²) in [4.78, 5) is 0. The summed E-state index contributed by atoms with van der Waals surface area (Å²) in [7, 11) is 0. The SMILES string of the molecule is FC(F)(F)Oc1cccc(C2OCc3cc(OCc4ccccc4)ccc3C2c2ccc(Br)cc2)c1. The fourth-order valence-electron chi connectivity index (χ4n) is 4.48. The highest BCUT2D eigenvalue weighted by atomic mass is 79.9. The van der Waals surface area contributed by atoms with E-state index < -0.39 is 12.5 Å². The molecule has 4 aromatic rings. The molecule has 0 saturated heterocycles. The number of ether oxygens (including phenoxy) is 3. The lowest BCUT2D eigenvalue weighted by atomic mass is 9.80. The van der Waals surface area contributed by atoms with Crippen molar-refractivity contribution in [3.05, 3.63) is 129 Å². The van der Waals surface area contributed by atoms with E-state index in [0.717, 1.165) is 32.5 Å². The van der Waals surface area contributed by atoms with Crippen molar-refractivity contribution in [2.45, 2.75) is 31.6 Å². The molecule has 36 heavy (non-hydrogen) atoms. The van der Waals surface area contributed by atoms with Gasteiger partial charge in [0.05, 0.1) is 12.7 Å². The molecule has 1 heterocycles. The largest absolute Gasteiger partial charge is 0.573 e. The predicted octanol–water partition coefficient (Wildman–Crippen LogP) is 8.33. The van der Waals surface area contributed by atoms with Crippen LogP contribution in [0.15, 0.2) is 102 Å². The Morgan fingerprint density at radius 1 is 0.806 bits per heavy atom. The molecule has 5 rings (SSSR count). The zero-order valence-corrected chi connectivity index (χ0v) is 20.6. The van der Waals surface area contributed by atoms with Crippen LogP contribution in [0.3, 0.4) is 0 Å². The minimum atomic E-state index is -4.76. The average Bonchev–Trinajstić information content (AvgIpc) is 2.87. The Labute approximate surface area is 215 Å². The highest BCUT2D eigenvalue weighted by Crippen LogP contribution is 2.46. The third-order valence-corrected chi connectivity index (χ3v) is 6.60. The molecule has 2 unspecified atom stereocenters. The number of fused-ring (bicyclic) bond motifs is 1. The molecule has 0 radical (unpaired) electrons. The van der Waals surface area contributed by atoms with Crippen LogP contribution < -0.4 is 9.47 Å². The van der Waals surface area contributed by atoms with Crippen LogP contribution in [0.2, 0.25) is 0 Å². The summed E-state index contributed by atoms with van der Waals surface area (Å²) in [5.74, 6) is 0.231. The second-order valence-electron chi connectivity index (χ2n) is 8.52. The fourth-order valence-corrected chi connectivity index (χ4v) is 4.75. The lowest BCUT2D eigenvalue weighted by molar-refractivity contribution is -0.274. The van der Waals surface area contributed by atoms with E-state index in [-0.39, 0.29) is 11.7 Å². The van der Waals surface area contributed by atoms with E-state index in [0.29, 0.717) is 18.8 Å². The first-order valence-corrected chi connectivity index (χ1v) is 12.2. The molecule has 0 saturated carbocycles. The standard InChI is InChI=1S/C29H22BrF3O3/c30-23-11-9-20(10-12-23)27-26-14-13-24(34-17-19-5-2-1-3-6-19)16-22(26)18-35-28(27)21-7-4-8-25(15-21)36-29(31,32)33/h1-16,27-28H,17-18H2. The maximum atomic E-state index is 12.8. The molecule has 0 amide bonds. The van der Waals surface area contributed by atoms with Crippen molar-refractivity contribution in [1.29, 1.82) is 0 Å². The smallest absolute Gasteiger partial charge is 0.489 e. The van der Waals surface area contributed by atoms with E-state index in [4.69, 9.17) is 9.47 Å². The summed E-state index contributed by atoms with van der Waals surface area (Å²) in [5, 5.41) is 0. The van der Waals surface area contributed by atoms with Gasteiger partial charge in [-0.1, -0.05) is 76.6 Å². The van der Waals surface area contributed by atoms with Gasteiger partial charge in [0, 0.05) is 10.4 Å². The minimum absolute atomic E-state index is 0.230. The second-order valence-corrected chi connectivity index (χ2v) is 9.43. The van der Waals surface area contributed by atoms with Gasteiger partial charge in [0.2, 0.25) is 0 Å². The molecule has 0 spiro atoms. The van der Waals surface area contributed by atoms with Crippen molar-refractivity contribution in [3.8, 4) is 11.5 Å². The molecule has 2 atom stereocenters. The quantitative estimate of drug-likeness (QED) is 0.240. The number of hydrogen-bond acceptors (Lipinski definition) is 3. The Hall–Kier alpha value is -3.29. The summed E-state index contributed by atoms with van der Waals surface area (Å²) >= 11 is 3.47. The average molecular weight is 555 g/mol. The van der Waals surface area contributed by atoms with Gasteiger partial charge in [0.15, 0.2) is 0 Å². The first-order chi connectivity index (χ1) is 17.4. The molecular weight excluding hydrogens is 533 g/mol. The highest BCUT2D eigenvalue weighted by molar-refractivity contribution is 9.10. The zero-order chi connectivity index (χ0) is 25.1. The molecule has 4 aromatic carbocycles. The monoisotopic (exact) mass is 554 g/mol. The summed E-state index contributed by atoms with van der Waals surface area (Å²) < 4.78 is 55.9. The van der Waals surface area contributed by atoms with Crippen LogP contribution in [-0.4, -0.2) is 6.36 Å². The highest BCUT2D eigenvalue weighted by Gasteiger charge is 2.35. The maximum Gasteiger partial charge on any atom is 0.573 e. The maximum absolute atomic E-state index is 12.8. The van der Waals surface area contributed by atoms with Crippen LogP contribution in [0.1, 0.15) is 39.8 Å². The third-order valence-electron chi connectivity index (χ3n) is 6.07. The summed E-state index contributed by atoms with van der Waals surface area (Å²) in [6, 6.07) is 29.7. The van der Waals surface area contributed by atoms with E-state index in [9.17, 15) is 13.2 Å². The van der Waals surface area contributed by atoms with E-state index in [1.165, 1.54) is 12.1 Å². The van der Waals surface area contributed by atoms with Crippen LogP contribution in [0.25, 0.3) is 0 Å². The predicted molar refractivity (Wildman–Crippen MR) is 134 cm³/mol. The Morgan fingerprint density at radius 3 is 2.33 bits per heavy atom. The molecule has 0 aliphatic carbocycles. The molecule has 3 nitrogen and oxygen atoms in total. The van der Waals surface area contributed by atoms with Gasteiger partial charge in [0.25, 0.3) is 0 Å². The number of alkyl halides is 3. The summed E-state index contributed by atoms with van der Waals surface area (Å²) in [6.07, 6.45) is -5.26. The van der Waals surface area contributed by atoms with E-state index >= 15 is 0 Å². The van der Waals surface area contributed by atoms with Crippen molar-refractivity contribution >= 4 is 15.9 Å². The van der Waals surface area contributed by atoms with Gasteiger partial charge in [-0.3, -0.25) is 0 Å². The number of hydrogen-bond donors (Lipinski definition) is 0.